The van der Waals surface area contributed by atoms with E-state index < -0.39 is 0 Å². The van der Waals surface area contributed by atoms with Crippen LogP contribution in [-0.2, 0) is 0 Å². The molecule has 0 bridgehead atoms. The zero-order valence-corrected chi connectivity index (χ0v) is 14.7. The second-order valence-corrected chi connectivity index (χ2v) is 7.04. The van der Waals surface area contributed by atoms with Crippen molar-refractivity contribution in [1.29, 1.82) is 0 Å². The SMILES string of the molecule is CCC/C(P)=C(\C1CCCCC1)n1cccc1-c1ccc[nH]1. The van der Waals surface area contributed by atoms with Crippen molar-refractivity contribution in [3.63, 3.8) is 0 Å². The molecule has 1 saturated carbocycles. The van der Waals surface area contributed by atoms with Crippen molar-refractivity contribution in [2.75, 3.05) is 0 Å². The van der Waals surface area contributed by atoms with E-state index in [1.807, 2.05) is 6.20 Å². The molecule has 0 aliphatic heterocycles. The summed E-state index contributed by atoms with van der Waals surface area (Å²) in [7, 11) is 3.04. The fraction of sp³-hybridized carbons (Fsp3) is 0.474. The monoisotopic (exact) mass is 314 g/mol. The zero-order chi connectivity index (χ0) is 15.4. The Morgan fingerprint density at radius 3 is 2.73 bits per heavy atom. The van der Waals surface area contributed by atoms with Gasteiger partial charge in [-0.15, -0.1) is 9.24 Å². The van der Waals surface area contributed by atoms with E-state index in [4.69, 9.17) is 0 Å². The normalized spacial score (nSPS) is 17.5. The molecule has 2 aromatic rings. The summed E-state index contributed by atoms with van der Waals surface area (Å²) in [4.78, 5) is 3.36. The first-order valence-electron chi connectivity index (χ1n) is 8.61. The average molecular weight is 314 g/mol. The first-order valence-corrected chi connectivity index (χ1v) is 9.19. The van der Waals surface area contributed by atoms with Crippen LogP contribution in [0.3, 0.4) is 0 Å². The molecule has 0 amide bonds. The minimum absolute atomic E-state index is 0.703. The lowest BCUT2D eigenvalue weighted by Crippen LogP contribution is -2.14. The first kappa shape index (κ1) is 15.6. The molecule has 22 heavy (non-hydrogen) atoms. The number of nitrogens with zero attached hydrogens (tertiary/aromatic N) is 1. The zero-order valence-electron chi connectivity index (χ0n) is 13.5. The summed E-state index contributed by atoms with van der Waals surface area (Å²) in [6.07, 6.45) is 13.4. The maximum atomic E-state index is 3.36. The van der Waals surface area contributed by atoms with E-state index in [0.29, 0.717) is 5.92 Å². The Balaban J connectivity index is 2.03. The molecule has 0 spiro atoms. The minimum Gasteiger partial charge on any atom is -0.360 e. The van der Waals surface area contributed by atoms with E-state index in [-0.39, 0.29) is 0 Å². The Bertz CT molecular complexity index is 616. The fourth-order valence-corrected chi connectivity index (χ4v) is 4.35. The van der Waals surface area contributed by atoms with Gasteiger partial charge in [0.15, 0.2) is 0 Å². The predicted molar refractivity (Wildman–Crippen MR) is 98.6 cm³/mol. The molecule has 0 aromatic carbocycles. The highest BCUT2D eigenvalue weighted by Gasteiger charge is 2.22. The Labute approximate surface area is 136 Å². The molecule has 0 saturated heterocycles. The van der Waals surface area contributed by atoms with Gasteiger partial charge in [0.2, 0.25) is 0 Å². The molecule has 118 valence electrons. The van der Waals surface area contributed by atoms with Crippen molar-refractivity contribution in [2.24, 2.45) is 5.92 Å². The third kappa shape index (κ3) is 3.22. The highest BCUT2D eigenvalue weighted by molar-refractivity contribution is 7.22. The van der Waals surface area contributed by atoms with Crippen LogP contribution < -0.4 is 0 Å². The summed E-state index contributed by atoms with van der Waals surface area (Å²) < 4.78 is 2.43. The van der Waals surface area contributed by atoms with Gasteiger partial charge in [-0.3, -0.25) is 0 Å². The predicted octanol–water partition coefficient (Wildman–Crippen LogP) is 5.91. The fourth-order valence-electron chi connectivity index (χ4n) is 3.69. The second-order valence-electron chi connectivity index (χ2n) is 6.34. The second kappa shape index (κ2) is 7.33. The van der Waals surface area contributed by atoms with E-state index in [0.717, 1.165) is 0 Å². The van der Waals surface area contributed by atoms with Crippen molar-refractivity contribution in [2.45, 2.75) is 51.9 Å². The van der Waals surface area contributed by atoms with Gasteiger partial charge in [-0.25, -0.2) is 0 Å². The van der Waals surface area contributed by atoms with Crippen molar-refractivity contribution in [1.82, 2.24) is 9.55 Å². The lowest BCUT2D eigenvalue weighted by molar-refractivity contribution is 0.419. The Morgan fingerprint density at radius 2 is 2.05 bits per heavy atom. The van der Waals surface area contributed by atoms with Crippen LogP contribution in [0.2, 0.25) is 0 Å². The van der Waals surface area contributed by atoms with Gasteiger partial charge in [0.25, 0.3) is 0 Å². The molecule has 2 nitrogen and oxygen atoms in total. The van der Waals surface area contributed by atoms with Crippen molar-refractivity contribution < 1.29 is 0 Å². The smallest absolute Gasteiger partial charge is 0.0689 e. The standard InChI is InChI=1S/C19H27N2P/c1-2-8-18(22)19(15-9-4-3-5-10-15)21-14-7-12-17(21)16-11-6-13-20-16/h6-7,11-15,20H,2-5,8-10,22H2,1H3/b19-18-. The molecule has 1 N–H and O–H groups in total. The van der Waals surface area contributed by atoms with Crippen LogP contribution in [0.5, 0.6) is 0 Å². The van der Waals surface area contributed by atoms with Crippen LogP contribution in [-0.4, -0.2) is 9.55 Å². The van der Waals surface area contributed by atoms with Gasteiger partial charge in [-0.1, -0.05) is 32.6 Å². The molecule has 2 heterocycles. The minimum atomic E-state index is 0.703. The molecule has 1 fully saturated rings. The summed E-state index contributed by atoms with van der Waals surface area (Å²) in [6.45, 7) is 2.27. The molecule has 2 aromatic heterocycles. The summed E-state index contributed by atoms with van der Waals surface area (Å²) in [5.41, 5.74) is 4.01. The number of nitrogens with one attached hydrogen (secondary N) is 1. The summed E-state index contributed by atoms with van der Waals surface area (Å²) >= 11 is 0. The molecule has 1 unspecified atom stereocenters. The van der Waals surface area contributed by atoms with Gasteiger partial charge in [-0.05, 0) is 54.8 Å². The van der Waals surface area contributed by atoms with Crippen LogP contribution in [0.4, 0.5) is 0 Å². The number of hydrogen-bond donors (Lipinski definition) is 1. The molecular weight excluding hydrogens is 287 g/mol. The van der Waals surface area contributed by atoms with E-state index in [9.17, 15) is 0 Å². The molecule has 3 rings (SSSR count). The third-order valence-electron chi connectivity index (χ3n) is 4.72. The third-order valence-corrected chi connectivity index (χ3v) is 5.31. The summed E-state index contributed by atoms with van der Waals surface area (Å²) in [6, 6.07) is 8.62. The molecular formula is C19H27N2P. The summed E-state index contributed by atoms with van der Waals surface area (Å²) in [5, 5.41) is 1.48. The lowest BCUT2D eigenvalue weighted by Gasteiger charge is -2.28. The molecule has 0 radical (unpaired) electrons. The van der Waals surface area contributed by atoms with Crippen LogP contribution in [0.25, 0.3) is 17.1 Å². The maximum absolute atomic E-state index is 3.36. The van der Waals surface area contributed by atoms with E-state index in [1.165, 1.54) is 67.3 Å². The molecule has 1 atom stereocenters. The Hall–Kier alpha value is -1.27. The Kier molecular flexibility index (Phi) is 5.20. The van der Waals surface area contributed by atoms with E-state index in [2.05, 4.69) is 56.2 Å². The van der Waals surface area contributed by atoms with Crippen LogP contribution in [0.15, 0.2) is 42.0 Å². The molecule has 1 aliphatic rings. The Morgan fingerprint density at radius 1 is 1.23 bits per heavy atom. The first-order chi connectivity index (χ1) is 10.8. The van der Waals surface area contributed by atoms with Gasteiger partial charge in [0, 0.05) is 18.1 Å². The largest absolute Gasteiger partial charge is 0.360 e. The number of allylic oxidation sites excluding steroid dienone is 2. The van der Waals surface area contributed by atoms with Gasteiger partial charge in [0.05, 0.1) is 11.4 Å². The van der Waals surface area contributed by atoms with Crippen molar-refractivity contribution in [3.05, 3.63) is 42.0 Å². The van der Waals surface area contributed by atoms with Crippen molar-refractivity contribution >= 4 is 14.9 Å². The number of aromatic nitrogens is 2. The maximum Gasteiger partial charge on any atom is 0.0689 e. The number of rotatable bonds is 5. The highest BCUT2D eigenvalue weighted by Crippen LogP contribution is 2.39. The number of hydrogen-bond acceptors (Lipinski definition) is 0. The van der Waals surface area contributed by atoms with Gasteiger partial charge in [-0.2, -0.15) is 0 Å². The number of aromatic amines is 1. The van der Waals surface area contributed by atoms with Crippen LogP contribution >= 0.6 is 9.24 Å². The average Bonchev–Trinajstić information content (AvgIpc) is 3.19. The number of H-pyrrole nitrogens is 1. The van der Waals surface area contributed by atoms with Gasteiger partial charge < -0.3 is 9.55 Å². The quantitative estimate of drug-likeness (QED) is 0.663. The van der Waals surface area contributed by atoms with Crippen molar-refractivity contribution in [3.8, 4) is 11.4 Å². The van der Waals surface area contributed by atoms with Crippen LogP contribution in [0, 0.1) is 5.92 Å². The molecule has 3 heteroatoms. The van der Waals surface area contributed by atoms with E-state index in [1.54, 1.807) is 0 Å². The topological polar surface area (TPSA) is 20.7 Å². The van der Waals surface area contributed by atoms with Crippen LogP contribution in [0.1, 0.15) is 51.9 Å². The highest BCUT2D eigenvalue weighted by atomic mass is 31.0. The van der Waals surface area contributed by atoms with Gasteiger partial charge in [0.1, 0.15) is 0 Å². The van der Waals surface area contributed by atoms with E-state index >= 15 is 0 Å². The lowest BCUT2D eigenvalue weighted by atomic mass is 9.86. The summed E-state index contributed by atoms with van der Waals surface area (Å²) in [5.74, 6) is 0.703. The molecule has 1 aliphatic carbocycles. The van der Waals surface area contributed by atoms with Gasteiger partial charge >= 0.3 is 0 Å².